The van der Waals surface area contributed by atoms with E-state index in [1.807, 2.05) is 36.4 Å². The Morgan fingerprint density at radius 1 is 1.38 bits per heavy atom. The Kier molecular flexibility index (Phi) is 3.86. The number of carbonyl (C=O) groups excluding carboxylic acids is 1. The third-order valence-electron chi connectivity index (χ3n) is 4.22. The van der Waals surface area contributed by atoms with Gasteiger partial charge in [-0.15, -0.1) is 11.3 Å². The van der Waals surface area contributed by atoms with Crippen molar-refractivity contribution in [3.8, 4) is 0 Å². The monoisotopic (exact) mass is 341 g/mol. The largest absolute Gasteiger partial charge is 0.345 e. The molecule has 1 aromatic carbocycles. The molecule has 2 amide bonds. The molecule has 122 valence electrons. The molecule has 4 rings (SSSR count). The Labute approximate surface area is 142 Å². The Morgan fingerprint density at radius 3 is 3.00 bits per heavy atom. The number of carbonyl (C=O) groups is 1. The van der Waals surface area contributed by atoms with E-state index in [1.165, 1.54) is 5.06 Å². The summed E-state index contributed by atoms with van der Waals surface area (Å²) in [7, 11) is 0. The lowest BCUT2D eigenvalue weighted by atomic mass is 10.1. The highest BCUT2D eigenvalue weighted by Crippen LogP contribution is 2.42. The Bertz CT molecular complexity index is 815. The summed E-state index contributed by atoms with van der Waals surface area (Å²) < 4.78 is 0. The molecule has 2 aromatic rings. The predicted molar refractivity (Wildman–Crippen MR) is 88.8 cm³/mol. The van der Waals surface area contributed by atoms with Gasteiger partial charge in [-0.2, -0.15) is 5.06 Å². The SMILES string of the molecule is [N-]=[N+]=NCc1cc2c(s1)CN1CC2N(OCc2ccccc2)C1=O. The molecule has 1 aromatic heterocycles. The van der Waals surface area contributed by atoms with Gasteiger partial charge in [-0.3, -0.25) is 4.84 Å². The fourth-order valence-corrected chi connectivity index (χ4v) is 4.27. The minimum absolute atomic E-state index is 0.0871. The van der Waals surface area contributed by atoms with Crippen molar-refractivity contribution in [3.05, 3.63) is 67.7 Å². The highest BCUT2D eigenvalue weighted by atomic mass is 32.1. The maximum Gasteiger partial charge on any atom is 0.345 e. The molecule has 0 spiro atoms. The fourth-order valence-electron chi connectivity index (χ4n) is 3.11. The molecule has 1 unspecified atom stereocenters. The Morgan fingerprint density at radius 2 is 2.21 bits per heavy atom. The van der Waals surface area contributed by atoms with E-state index in [-0.39, 0.29) is 12.1 Å². The van der Waals surface area contributed by atoms with Crippen LogP contribution in [0.25, 0.3) is 10.4 Å². The molecule has 1 fully saturated rings. The summed E-state index contributed by atoms with van der Waals surface area (Å²) in [6, 6.07) is 11.6. The highest BCUT2D eigenvalue weighted by Gasteiger charge is 2.44. The number of fused-ring (bicyclic) bond motifs is 4. The van der Waals surface area contributed by atoms with Crippen molar-refractivity contribution >= 4 is 17.4 Å². The van der Waals surface area contributed by atoms with Crippen LogP contribution < -0.4 is 0 Å². The van der Waals surface area contributed by atoms with Crippen LogP contribution in [0.2, 0.25) is 0 Å². The summed E-state index contributed by atoms with van der Waals surface area (Å²) in [5.41, 5.74) is 10.6. The van der Waals surface area contributed by atoms with Gasteiger partial charge in [0.15, 0.2) is 0 Å². The van der Waals surface area contributed by atoms with E-state index in [9.17, 15) is 4.79 Å². The lowest BCUT2D eigenvalue weighted by molar-refractivity contribution is -0.141. The number of amides is 2. The van der Waals surface area contributed by atoms with Crippen LogP contribution in [0.15, 0.2) is 41.5 Å². The molecule has 24 heavy (non-hydrogen) atoms. The first-order chi connectivity index (χ1) is 11.8. The molecule has 1 atom stereocenters. The minimum Gasteiger partial charge on any atom is -0.315 e. The number of hydrogen-bond acceptors (Lipinski definition) is 4. The number of azide groups is 1. The number of benzene rings is 1. The number of hydrogen-bond donors (Lipinski definition) is 0. The normalized spacial score (nSPS) is 18.5. The second kappa shape index (κ2) is 6.16. The molecule has 2 aliphatic rings. The van der Waals surface area contributed by atoms with Crippen LogP contribution in [0.3, 0.4) is 0 Å². The van der Waals surface area contributed by atoms with Gasteiger partial charge >= 0.3 is 6.03 Å². The standard InChI is InChI=1S/C16H15N5O2S/c17-19-18-7-12-6-13-14-8-20(9-15(13)24-12)16(22)21(14)23-10-11-4-2-1-3-5-11/h1-6,14H,7-10H2. The molecule has 1 saturated heterocycles. The molecule has 8 heteroatoms. The van der Waals surface area contributed by atoms with Crippen LogP contribution in [-0.4, -0.2) is 22.5 Å². The van der Waals surface area contributed by atoms with Gasteiger partial charge in [0.05, 0.1) is 19.6 Å². The third kappa shape index (κ3) is 2.60. The van der Waals surface area contributed by atoms with Crippen molar-refractivity contribution in [2.75, 3.05) is 6.54 Å². The topological polar surface area (TPSA) is 81.5 Å². The van der Waals surface area contributed by atoms with Crippen molar-refractivity contribution in [2.24, 2.45) is 5.11 Å². The van der Waals surface area contributed by atoms with Gasteiger partial charge in [0.2, 0.25) is 0 Å². The molecule has 0 N–H and O–H groups in total. The average Bonchev–Trinajstić information content (AvgIpc) is 3.13. The zero-order chi connectivity index (χ0) is 16.5. The van der Waals surface area contributed by atoms with E-state index in [0.29, 0.717) is 26.2 Å². The Hall–Kier alpha value is -2.54. The summed E-state index contributed by atoms with van der Waals surface area (Å²) in [4.78, 5) is 25.1. The van der Waals surface area contributed by atoms with Crippen molar-refractivity contribution in [1.82, 2.24) is 9.96 Å². The first kappa shape index (κ1) is 15.0. The first-order valence-corrected chi connectivity index (χ1v) is 8.45. The first-order valence-electron chi connectivity index (χ1n) is 7.63. The minimum atomic E-state index is -0.0963. The van der Waals surface area contributed by atoms with E-state index < -0.39 is 0 Å². The maximum atomic E-state index is 12.5. The molecule has 0 saturated carbocycles. The Balaban J connectivity index is 1.55. The molecule has 2 bridgehead atoms. The van der Waals surface area contributed by atoms with Crippen molar-refractivity contribution in [2.45, 2.75) is 25.7 Å². The average molecular weight is 341 g/mol. The molecule has 7 nitrogen and oxygen atoms in total. The molecular formula is C16H15N5O2S. The van der Waals surface area contributed by atoms with E-state index in [4.69, 9.17) is 10.4 Å². The van der Waals surface area contributed by atoms with E-state index in [2.05, 4.69) is 10.0 Å². The third-order valence-corrected chi connectivity index (χ3v) is 5.34. The number of nitrogens with zero attached hydrogens (tertiary/aromatic N) is 5. The number of urea groups is 1. The second-order valence-electron chi connectivity index (χ2n) is 5.74. The lowest BCUT2D eigenvalue weighted by Gasteiger charge is -2.22. The van der Waals surface area contributed by atoms with Gasteiger partial charge in [0.25, 0.3) is 0 Å². The summed E-state index contributed by atoms with van der Waals surface area (Å²) >= 11 is 1.60. The van der Waals surface area contributed by atoms with Gasteiger partial charge in [-0.05, 0) is 22.7 Å². The van der Waals surface area contributed by atoms with E-state index >= 15 is 0 Å². The van der Waals surface area contributed by atoms with Crippen molar-refractivity contribution in [1.29, 1.82) is 0 Å². The summed E-state index contributed by atoms with van der Waals surface area (Å²) in [5.74, 6) is 0. The van der Waals surface area contributed by atoms with E-state index in [0.717, 1.165) is 20.9 Å². The lowest BCUT2D eigenvalue weighted by Crippen LogP contribution is -2.30. The molecule has 3 heterocycles. The van der Waals surface area contributed by atoms with Crippen LogP contribution in [0.1, 0.15) is 26.9 Å². The predicted octanol–water partition coefficient (Wildman–Crippen LogP) is 3.98. The van der Waals surface area contributed by atoms with Gasteiger partial charge in [-0.1, -0.05) is 35.4 Å². The molecular weight excluding hydrogens is 326 g/mol. The van der Waals surface area contributed by atoms with Crippen LogP contribution in [0.5, 0.6) is 0 Å². The van der Waals surface area contributed by atoms with Gasteiger partial charge in [0, 0.05) is 14.7 Å². The van der Waals surface area contributed by atoms with Crippen molar-refractivity contribution < 1.29 is 9.63 Å². The zero-order valence-electron chi connectivity index (χ0n) is 12.8. The summed E-state index contributed by atoms with van der Waals surface area (Å²) in [5, 5.41) is 5.11. The maximum absolute atomic E-state index is 12.5. The quantitative estimate of drug-likeness (QED) is 0.468. The van der Waals surface area contributed by atoms with Crippen LogP contribution >= 0.6 is 11.3 Å². The van der Waals surface area contributed by atoms with Gasteiger partial charge in [-0.25, -0.2) is 4.79 Å². The fraction of sp³-hybridized carbons (Fsp3) is 0.312. The van der Waals surface area contributed by atoms with Gasteiger partial charge < -0.3 is 4.90 Å². The highest BCUT2D eigenvalue weighted by molar-refractivity contribution is 7.12. The van der Waals surface area contributed by atoms with Crippen LogP contribution in [0.4, 0.5) is 4.79 Å². The summed E-state index contributed by atoms with van der Waals surface area (Å²) in [6.07, 6.45) is 0. The molecule has 0 aliphatic carbocycles. The van der Waals surface area contributed by atoms with Crippen molar-refractivity contribution in [3.63, 3.8) is 0 Å². The van der Waals surface area contributed by atoms with E-state index in [1.54, 1.807) is 16.2 Å². The molecule has 2 aliphatic heterocycles. The second-order valence-corrected chi connectivity index (χ2v) is 6.97. The number of thiophene rings is 1. The van der Waals surface area contributed by atoms with Crippen LogP contribution in [0, 0.1) is 0 Å². The van der Waals surface area contributed by atoms with Gasteiger partial charge in [0.1, 0.15) is 12.6 Å². The number of rotatable bonds is 5. The van der Waals surface area contributed by atoms with Crippen LogP contribution in [-0.2, 0) is 24.5 Å². The zero-order valence-corrected chi connectivity index (χ0v) is 13.6. The summed E-state index contributed by atoms with van der Waals surface area (Å²) in [6.45, 7) is 1.94. The number of hydroxylamine groups is 2. The molecule has 0 radical (unpaired) electrons. The smallest absolute Gasteiger partial charge is 0.315 e.